The molecule has 0 radical (unpaired) electrons. The van der Waals surface area contributed by atoms with E-state index >= 15 is 0 Å². The van der Waals surface area contributed by atoms with Gasteiger partial charge in [0.1, 0.15) is 17.4 Å². The molecule has 1 aliphatic heterocycles. The second kappa shape index (κ2) is 7.38. The Labute approximate surface area is 155 Å². The molecule has 6 nitrogen and oxygen atoms in total. The fourth-order valence-electron chi connectivity index (χ4n) is 3.93. The van der Waals surface area contributed by atoms with Crippen LogP contribution in [0, 0.1) is 11.3 Å². The first-order chi connectivity index (χ1) is 12.1. The van der Waals surface area contributed by atoms with Gasteiger partial charge in [-0.2, -0.15) is 5.26 Å². The molecule has 0 aliphatic carbocycles. The summed E-state index contributed by atoms with van der Waals surface area (Å²) in [6, 6.07) is 9.23. The Kier molecular flexibility index (Phi) is 5.62. The minimum atomic E-state index is -0.460. The Morgan fingerprint density at radius 1 is 1.31 bits per heavy atom. The van der Waals surface area contributed by atoms with Crippen molar-refractivity contribution in [3.8, 4) is 11.8 Å². The molecule has 1 heterocycles. The second-order valence-corrected chi connectivity index (χ2v) is 7.97. The predicted octanol–water partition coefficient (Wildman–Crippen LogP) is 3.02. The fourth-order valence-corrected chi connectivity index (χ4v) is 3.93. The Morgan fingerprint density at radius 2 is 1.88 bits per heavy atom. The van der Waals surface area contributed by atoms with Gasteiger partial charge in [-0.25, -0.2) is 0 Å². The van der Waals surface area contributed by atoms with E-state index in [9.17, 15) is 10.1 Å². The van der Waals surface area contributed by atoms with Gasteiger partial charge in [-0.05, 0) is 52.7 Å². The zero-order chi connectivity index (χ0) is 19.5. The first kappa shape index (κ1) is 19.8. The van der Waals surface area contributed by atoms with Crippen LogP contribution in [0.15, 0.2) is 36.0 Å². The van der Waals surface area contributed by atoms with Crippen molar-refractivity contribution in [2.75, 3.05) is 12.4 Å². The van der Waals surface area contributed by atoms with Gasteiger partial charge in [0.05, 0.1) is 12.8 Å². The highest BCUT2D eigenvalue weighted by Gasteiger charge is 2.43. The van der Waals surface area contributed by atoms with Gasteiger partial charge in [0.2, 0.25) is 0 Å². The SMILES string of the molecule is COc1ccccc1NC(=O)/C(C#N)=C\N1C(C)(C)CC(N)CC1(C)C. The minimum absolute atomic E-state index is 0.0486. The van der Waals surface area contributed by atoms with Gasteiger partial charge in [0.25, 0.3) is 5.91 Å². The first-order valence-corrected chi connectivity index (χ1v) is 8.72. The molecule has 0 unspecified atom stereocenters. The lowest BCUT2D eigenvalue weighted by Gasteiger charge is -2.54. The van der Waals surface area contributed by atoms with E-state index in [1.807, 2.05) is 12.1 Å². The number of methoxy groups -OCH3 is 1. The van der Waals surface area contributed by atoms with E-state index in [1.165, 1.54) is 7.11 Å². The maximum atomic E-state index is 12.7. The van der Waals surface area contributed by atoms with Crippen LogP contribution in [0.4, 0.5) is 5.69 Å². The van der Waals surface area contributed by atoms with Gasteiger partial charge < -0.3 is 20.7 Å². The summed E-state index contributed by atoms with van der Waals surface area (Å²) >= 11 is 0. The molecule has 1 amide bonds. The van der Waals surface area contributed by atoms with Crippen molar-refractivity contribution in [3.05, 3.63) is 36.0 Å². The van der Waals surface area contributed by atoms with E-state index in [1.54, 1.807) is 24.4 Å². The van der Waals surface area contributed by atoms with E-state index in [-0.39, 0.29) is 22.7 Å². The van der Waals surface area contributed by atoms with Crippen molar-refractivity contribution in [3.63, 3.8) is 0 Å². The molecule has 0 bridgehead atoms. The Balaban J connectivity index is 2.31. The van der Waals surface area contributed by atoms with Gasteiger partial charge >= 0.3 is 0 Å². The zero-order valence-corrected chi connectivity index (χ0v) is 16.2. The number of nitrogens with two attached hydrogens (primary N) is 1. The number of amides is 1. The van der Waals surface area contributed by atoms with E-state index < -0.39 is 5.91 Å². The summed E-state index contributed by atoms with van der Waals surface area (Å²) < 4.78 is 5.25. The highest BCUT2D eigenvalue weighted by atomic mass is 16.5. The average Bonchev–Trinajstić information content (AvgIpc) is 2.53. The van der Waals surface area contributed by atoms with Gasteiger partial charge in [0.15, 0.2) is 0 Å². The maximum absolute atomic E-state index is 12.7. The molecule has 0 atom stereocenters. The molecular weight excluding hydrogens is 328 g/mol. The molecule has 1 aromatic carbocycles. The van der Waals surface area contributed by atoms with Crippen molar-refractivity contribution >= 4 is 11.6 Å². The molecule has 1 fully saturated rings. The number of anilines is 1. The lowest BCUT2D eigenvalue weighted by Crippen LogP contribution is -2.61. The molecule has 3 N–H and O–H groups in total. The molecule has 2 rings (SSSR count). The third kappa shape index (κ3) is 4.17. The number of hydrogen-bond acceptors (Lipinski definition) is 5. The largest absolute Gasteiger partial charge is 0.495 e. The number of ether oxygens (including phenoxy) is 1. The van der Waals surface area contributed by atoms with Crippen molar-refractivity contribution in [1.29, 1.82) is 5.26 Å². The third-order valence-electron chi connectivity index (χ3n) is 4.81. The quantitative estimate of drug-likeness (QED) is 0.639. The van der Waals surface area contributed by atoms with Crippen molar-refractivity contribution in [2.24, 2.45) is 5.73 Å². The van der Waals surface area contributed by atoms with Gasteiger partial charge in [-0.3, -0.25) is 4.79 Å². The van der Waals surface area contributed by atoms with Crippen LogP contribution in [0.25, 0.3) is 0 Å². The number of piperidine rings is 1. The second-order valence-electron chi connectivity index (χ2n) is 7.97. The first-order valence-electron chi connectivity index (χ1n) is 8.72. The molecule has 6 heteroatoms. The standard InChI is InChI=1S/C20H28N4O2/c1-19(2)10-15(22)11-20(3,4)24(19)13-14(12-21)18(25)23-16-8-6-7-9-17(16)26-5/h6-9,13,15H,10-11,22H2,1-5H3,(H,23,25)/b14-13-. The highest BCUT2D eigenvalue weighted by molar-refractivity contribution is 6.07. The normalized spacial score (nSPS) is 19.6. The van der Waals surface area contributed by atoms with Crippen LogP contribution in [0.2, 0.25) is 0 Å². The number of nitrogens with one attached hydrogen (secondary N) is 1. The number of likely N-dealkylation sites (tertiary alicyclic amines) is 1. The van der Waals surface area contributed by atoms with E-state index in [4.69, 9.17) is 10.5 Å². The van der Waals surface area contributed by atoms with Crippen LogP contribution in [-0.2, 0) is 4.79 Å². The molecular formula is C20H28N4O2. The highest BCUT2D eigenvalue weighted by Crippen LogP contribution is 2.38. The van der Waals surface area contributed by atoms with Crippen LogP contribution in [0.1, 0.15) is 40.5 Å². The fraction of sp³-hybridized carbons (Fsp3) is 0.500. The number of carbonyl (C=O) groups is 1. The lowest BCUT2D eigenvalue weighted by atomic mass is 9.77. The number of carbonyl (C=O) groups excluding carboxylic acids is 1. The van der Waals surface area contributed by atoms with Gasteiger partial charge in [-0.15, -0.1) is 0 Å². The summed E-state index contributed by atoms with van der Waals surface area (Å²) in [4.78, 5) is 14.8. The third-order valence-corrected chi connectivity index (χ3v) is 4.81. The molecule has 1 saturated heterocycles. The summed E-state index contributed by atoms with van der Waals surface area (Å²) in [5.74, 6) is 0.0845. The summed E-state index contributed by atoms with van der Waals surface area (Å²) in [6.45, 7) is 8.32. The number of rotatable bonds is 4. The van der Waals surface area contributed by atoms with Gasteiger partial charge in [-0.1, -0.05) is 12.1 Å². The number of nitriles is 1. The molecule has 140 valence electrons. The Morgan fingerprint density at radius 3 is 2.42 bits per heavy atom. The molecule has 1 aliphatic rings. The zero-order valence-electron chi connectivity index (χ0n) is 16.2. The van der Waals surface area contributed by atoms with Crippen LogP contribution >= 0.6 is 0 Å². The Hall–Kier alpha value is -2.52. The molecule has 0 spiro atoms. The molecule has 0 saturated carbocycles. The summed E-state index contributed by atoms with van der Waals surface area (Å²) in [6.07, 6.45) is 3.25. The minimum Gasteiger partial charge on any atom is -0.495 e. The number of benzene rings is 1. The van der Waals surface area contributed by atoms with E-state index in [2.05, 4.69) is 37.9 Å². The molecule has 0 aromatic heterocycles. The monoisotopic (exact) mass is 356 g/mol. The van der Waals surface area contributed by atoms with Crippen LogP contribution < -0.4 is 15.8 Å². The van der Waals surface area contributed by atoms with Crippen molar-refractivity contribution in [2.45, 2.75) is 57.7 Å². The smallest absolute Gasteiger partial charge is 0.267 e. The summed E-state index contributed by atoms with van der Waals surface area (Å²) in [5, 5.41) is 12.3. The topological polar surface area (TPSA) is 91.4 Å². The average molecular weight is 356 g/mol. The number of nitrogens with zero attached hydrogens (tertiary/aromatic N) is 2. The van der Waals surface area contributed by atoms with E-state index in [0.717, 1.165) is 12.8 Å². The van der Waals surface area contributed by atoms with Crippen molar-refractivity contribution < 1.29 is 9.53 Å². The maximum Gasteiger partial charge on any atom is 0.267 e. The summed E-state index contributed by atoms with van der Waals surface area (Å²) in [5.41, 5.74) is 6.26. The van der Waals surface area contributed by atoms with Crippen LogP contribution in [-0.4, -0.2) is 35.0 Å². The van der Waals surface area contributed by atoms with Crippen LogP contribution in [0.5, 0.6) is 5.75 Å². The van der Waals surface area contributed by atoms with E-state index in [0.29, 0.717) is 11.4 Å². The van der Waals surface area contributed by atoms with Crippen LogP contribution in [0.3, 0.4) is 0 Å². The number of para-hydroxylation sites is 2. The van der Waals surface area contributed by atoms with Crippen molar-refractivity contribution in [1.82, 2.24) is 4.90 Å². The Bertz CT molecular complexity index is 728. The molecule has 1 aromatic rings. The number of hydrogen-bond donors (Lipinski definition) is 2. The predicted molar refractivity (Wildman–Crippen MR) is 103 cm³/mol. The lowest BCUT2D eigenvalue weighted by molar-refractivity contribution is -0.112. The van der Waals surface area contributed by atoms with Gasteiger partial charge in [0, 0.05) is 23.3 Å². The molecule has 26 heavy (non-hydrogen) atoms. The summed E-state index contributed by atoms with van der Waals surface area (Å²) in [7, 11) is 1.54.